The number of benzene rings is 3. The molecule has 3 aromatic carbocycles. The fraction of sp³-hybridized carbons (Fsp3) is 0.574. The molecule has 0 aliphatic carbocycles. The molecular weight excluding hydrogens is 769 g/mol. The number of esters is 1. The van der Waals surface area contributed by atoms with Crippen molar-refractivity contribution in [3.8, 4) is 0 Å². The third-order valence-electron chi connectivity index (χ3n) is 10.1. The quantitative estimate of drug-likeness (QED) is 0.0447. The Morgan fingerprint density at radius 1 is 0.741 bits per heavy atom. The summed E-state index contributed by atoms with van der Waals surface area (Å²) < 4.78 is 45.2. The highest BCUT2D eigenvalue weighted by Crippen LogP contribution is 2.39. The Bertz CT molecular complexity index is 1590. The maximum Gasteiger partial charge on any atom is 0.509 e. The van der Waals surface area contributed by atoms with Gasteiger partial charge < -0.3 is 32.8 Å². The van der Waals surface area contributed by atoms with Crippen molar-refractivity contribution in [1.82, 2.24) is 0 Å². The molecule has 320 valence electrons. The molecule has 0 spiro atoms. The molecule has 0 aromatic heterocycles. The second-order valence-electron chi connectivity index (χ2n) is 17.3. The largest absolute Gasteiger partial charge is 0.509 e. The summed E-state index contributed by atoms with van der Waals surface area (Å²) in [4.78, 5) is 27.1. The van der Waals surface area contributed by atoms with Crippen LogP contribution in [0.3, 0.4) is 0 Å². The van der Waals surface area contributed by atoms with Crippen LogP contribution < -0.4 is 10.4 Å². The third kappa shape index (κ3) is 13.9. The number of rotatable bonds is 21. The lowest BCUT2D eigenvalue weighted by atomic mass is 9.99. The first-order valence-electron chi connectivity index (χ1n) is 21.0. The van der Waals surface area contributed by atoms with E-state index in [2.05, 4.69) is 52.0 Å². The fourth-order valence-corrected chi connectivity index (χ4v) is 13.0. The van der Waals surface area contributed by atoms with Crippen molar-refractivity contribution in [1.29, 1.82) is 0 Å². The molecule has 0 radical (unpaired) electrons. The van der Waals surface area contributed by atoms with Crippen molar-refractivity contribution in [3.05, 3.63) is 96.6 Å². The lowest BCUT2D eigenvalue weighted by Crippen LogP contribution is -2.68. The van der Waals surface area contributed by atoms with Crippen LogP contribution in [0.5, 0.6) is 0 Å². The van der Waals surface area contributed by atoms with E-state index in [9.17, 15) is 9.59 Å². The Hall–Kier alpha value is -3.19. The highest BCUT2D eigenvalue weighted by molar-refractivity contribution is 7.99. The van der Waals surface area contributed by atoms with Crippen LogP contribution in [0.1, 0.15) is 106 Å². The van der Waals surface area contributed by atoms with Crippen molar-refractivity contribution in [2.75, 3.05) is 19.2 Å². The monoisotopic (exact) mass is 836 g/mol. The molecule has 5 atom stereocenters. The van der Waals surface area contributed by atoms with Crippen LogP contribution in [0.15, 0.2) is 91.0 Å². The zero-order chi connectivity index (χ0) is 42.2. The van der Waals surface area contributed by atoms with Crippen LogP contribution >= 0.6 is 11.8 Å². The summed E-state index contributed by atoms with van der Waals surface area (Å²) in [5.41, 5.74) is -0.520. The zero-order valence-corrected chi connectivity index (χ0v) is 38.1. The molecule has 1 heterocycles. The number of thioether (sulfide) groups is 1. The summed E-state index contributed by atoms with van der Waals surface area (Å²) in [7, 11) is -3.05. The number of hydrogen-bond acceptors (Lipinski definition) is 10. The number of ether oxygens (including phenoxy) is 6. The van der Waals surface area contributed by atoms with E-state index >= 15 is 0 Å². The third-order valence-corrected chi connectivity index (χ3v) is 16.3. The topological polar surface area (TPSA) is 98.8 Å². The predicted octanol–water partition coefficient (Wildman–Crippen LogP) is 9.83. The molecule has 4 rings (SSSR count). The van der Waals surface area contributed by atoms with E-state index in [0.717, 1.165) is 41.0 Å². The predicted molar refractivity (Wildman–Crippen MR) is 235 cm³/mol. The van der Waals surface area contributed by atoms with E-state index in [4.69, 9.17) is 32.8 Å². The first-order chi connectivity index (χ1) is 27.7. The summed E-state index contributed by atoms with van der Waals surface area (Å²) in [5, 5.41) is 1.91. The van der Waals surface area contributed by atoms with Crippen LogP contribution in [-0.2, 0) is 44.2 Å². The summed E-state index contributed by atoms with van der Waals surface area (Å²) >= 11 is 1.57. The summed E-state index contributed by atoms with van der Waals surface area (Å²) in [5.74, 6) is -0.115. The minimum atomic E-state index is -3.05. The average molecular weight is 837 g/mol. The van der Waals surface area contributed by atoms with Gasteiger partial charge in [-0.15, -0.1) is 11.8 Å². The van der Waals surface area contributed by atoms with Crippen LogP contribution in [0.2, 0.25) is 5.04 Å². The molecule has 58 heavy (non-hydrogen) atoms. The Labute approximate surface area is 353 Å². The molecule has 0 N–H and O–H groups in total. The molecule has 1 aliphatic rings. The average Bonchev–Trinajstić information content (AvgIpc) is 3.18. The van der Waals surface area contributed by atoms with Gasteiger partial charge in [-0.1, -0.05) is 165 Å². The van der Waals surface area contributed by atoms with Gasteiger partial charge in [0.15, 0.2) is 12.2 Å². The molecule has 0 unspecified atom stereocenters. The number of hydrogen-bond donors (Lipinski definition) is 0. The van der Waals surface area contributed by atoms with E-state index < -0.39 is 61.8 Å². The Balaban J connectivity index is 1.76. The van der Waals surface area contributed by atoms with Crippen LogP contribution in [0, 0.1) is 5.92 Å². The molecule has 11 heteroatoms. The summed E-state index contributed by atoms with van der Waals surface area (Å²) in [6.07, 6.45) is 2.16. The van der Waals surface area contributed by atoms with Crippen molar-refractivity contribution in [2.45, 2.75) is 148 Å². The number of carbonyl (C=O) groups is 2. The van der Waals surface area contributed by atoms with E-state index in [0.29, 0.717) is 6.61 Å². The van der Waals surface area contributed by atoms with Gasteiger partial charge in [-0.2, -0.15) is 0 Å². The minimum Gasteiger partial charge on any atom is -0.456 e. The van der Waals surface area contributed by atoms with Crippen LogP contribution in [-0.4, -0.2) is 75.0 Å². The van der Waals surface area contributed by atoms with Gasteiger partial charge >= 0.3 is 12.1 Å². The van der Waals surface area contributed by atoms with Gasteiger partial charge in [-0.3, -0.25) is 4.79 Å². The van der Waals surface area contributed by atoms with Crippen LogP contribution in [0.4, 0.5) is 4.79 Å². The maximum atomic E-state index is 13.6. The lowest BCUT2D eigenvalue weighted by molar-refractivity contribution is -0.252. The van der Waals surface area contributed by atoms with Gasteiger partial charge in [-0.05, 0) is 53.9 Å². The van der Waals surface area contributed by atoms with Crippen molar-refractivity contribution >= 4 is 42.6 Å². The van der Waals surface area contributed by atoms with Gasteiger partial charge in [0.25, 0.3) is 8.32 Å². The highest BCUT2D eigenvalue weighted by Gasteiger charge is 2.55. The van der Waals surface area contributed by atoms with E-state index in [1.165, 1.54) is 19.3 Å². The number of carbonyl (C=O) groups excluding carboxylic acids is 2. The molecule has 3 aromatic rings. The van der Waals surface area contributed by atoms with Crippen molar-refractivity contribution < 1.29 is 42.4 Å². The van der Waals surface area contributed by atoms with E-state index in [1.54, 1.807) is 46.4 Å². The molecule has 0 bridgehead atoms. The van der Waals surface area contributed by atoms with Gasteiger partial charge in [0, 0.05) is 0 Å². The second-order valence-corrected chi connectivity index (χ2v) is 22.9. The van der Waals surface area contributed by atoms with Crippen LogP contribution in [0.25, 0.3) is 0 Å². The van der Waals surface area contributed by atoms with Gasteiger partial charge in [0.2, 0.25) is 0 Å². The zero-order valence-electron chi connectivity index (χ0n) is 36.3. The molecule has 1 saturated heterocycles. The molecule has 0 saturated carbocycles. The fourth-order valence-electron chi connectivity index (χ4n) is 7.17. The second kappa shape index (κ2) is 23.0. The summed E-state index contributed by atoms with van der Waals surface area (Å²) in [6.45, 7) is 18.0. The molecule has 1 aliphatic heterocycles. The molecule has 0 amide bonds. The molecular formula is C47H68O9SSi. The summed E-state index contributed by atoms with van der Waals surface area (Å²) in [6, 6.07) is 30.6. The normalized spacial score (nSPS) is 20.1. The Morgan fingerprint density at radius 3 is 1.86 bits per heavy atom. The van der Waals surface area contributed by atoms with E-state index in [1.807, 2.05) is 66.7 Å². The van der Waals surface area contributed by atoms with E-state index in [-0.39, 0.29) is 18.4 Å². The van der Waals surface area contributed by atoms with Gasteiger partial charge in [0.1, 0.15) is 30.0 Å². The SMILES string of the molecule is CCCCCCCCS[C@@H]1O[C@H](CO[Si](c2ccccc2)(c2ccccc2)C(C)(C)C)[C@@H](OC(=O)C(C)C)[C@H](OCOCc2ccccc2)[C@H]1OC(=O)OC(C)(C)C. The van der Waals surface area contributed by atoms with Crippen molar-refractivity contribution in [2.24, 2.45) is 5.92 Å². The first kappa shape index (κ1) is 47.5. The Kier molecular flexibility index (Phi) is 18.8. The van der Waals surface area contributed by atoms with Gasteiger partial charge in [-0.25, -0.2) is 4.79 Å². The molecule has 1 fully saturated rings. The highest BCUT2D eigenvalue weighted by atomic mass is 32.2. The maximum absolute atomic E-state index is 13.6. The van der Waals surface area contributed by atoms with Gasteiger partial charge in [0.05, 0.1) is 19.1 Å². The Morgan fingerprint density at radius 2 is 1.31 bits per heavy atom. The number of unbranched alkanes of at least 4 members (excludes halogenated alkanes) is 5. The minimum absolute atomic E-state index is 0.0846. The smallest absolute Gasteiger partial charge is 0.456 e. The standard InChI is InChI=1S/C47H68O9SSi/c1-10-11-12-13-14-24-31-57-44-42(55-45(49)56-46(4,5)6)41(51-34-50-32-36-25-18-15-19-26-36)40(54-43(48)35(2)3)39(53-44)33-52-58(47(7,8)9,37-27-20-16-21-28-37)38-29-22-17-23-30-38/h15-23,25-30,35,39-42,44H,10-14,24,31-34H2,1-9H3/t39-,40-,41+,42-,44+/m1/s1. The lowest BCUT2D eigenvalue weighted by Gasteiger charge is -2.47. The van der Waals surface area contributed by atoms with Crippen molar-refractivity contribution in [3.63, 3.8) is 0 Å². The first-order valence-corrected chi connectivity index (χ1v) is 24.0. The molecule has 9 nitrogen and oxygen atoms in total.